The van der Waals surface area contributed by atoms with Gasteiger partial charge in [0.2, 0.25) is 0 Å². The highest BCUT2D eigenvalue weighted by Gasteiger charge is 2.09. The Hall–Kier alpha value is -1.57. The second-order valence-corrected chi connectivity index (χ2v) is 2.94. The molecule has 0 radical (unpaired) electrons. The van der Waals surface area contributed by atoms with Gasteiger partial charge in [-0.1, -0.05) is 24.3 Å². The molecule has 0 fully saturated rings. The summed E-state index contributed by atoms with van der Waals surface area (Å²) in [5, 5.41) is 0. The molecule has 1 aromatic rings. The minimum absolute atomic E-state index is 0.553. The molecular formula is C11H10O2. The molecule has 1 aliphatic rings. The summed E-state index contributed by atoms with van der Waals surface area (Å²) < 4.78 is 5.45. The minimum Gasteiger partial charge on any atom is -0.488 e. The zero-order valence-electron chi connectivity index (χ0n) is 7.19. The van der Waals surface area contributed by atoms with Gasteiger partial charge < -0.3 is 4.74 Å². The third-order valence-corrected chi connectivity index (χ3v) is 2.08. The number of hydrogen-bond acceptors (Lipinski definition) is 2. The van der Waals surface area contributed by atoms with Crippen molar-refractivity contribution in [3.05, 3.63) is 41.5 Å². The summed E-state index contributed by atoms with van der Waals surface area (Å²) in [6, 6.07) is 5.64. The first-order valence-corrected chi connectivity index (χ1v) is 4.26. The number of hydrogen-bond donors (Lipinski definition) is 0. The van der Waals surface area contributed by atoms with Crippen molar-refractivity contribution in [2.75, 3.05) is 6.61 Å². The average Bonchev–Trinajstić information content (AvgIpc) is 2.41. The molecule has 2 rings (SSSR count). The Kier molecular flexibility index (Phi) is 2.13. The molecule has 0 aromatic heterocycles. The van der Waals surface area contributed by atoms with E-state index >= 15 is 0 Å². The molecule has 2 heteroatoms. The van der Waals surface area contributed by atoms with Crippen molar-refractivity contribution in [3.63, 3.8) is 0 Å². The molecule has 0 unspecified atom stereocenters. The highest BCUT2D eigenvalue weighted by atomic mass is 16.5. The molecule has 1 aliphatic heterocycles. The van der Waals surface area contributed by atoms with Gasteiger partial charge in [0.1, 0.15) is 12.4 Å². The molecule has 13 heavy (non-hydrogen) atoms. The van der Waals surface area contributed by atoms with Gasteiger partial charge in [0, 0.05) is 0 Å². The van der Waals surface area contributed by atoms with E-state index in [4.69, 9.17) is 4.74 Å². The molecule has 1 heterocycles. The molecule has 0 saturated heterocycles. The Morgan fingerprint density at radius 1 is 1.31 bits per heavy atom. The van der Waals surface area contributed by atoms with Gasteiger partial charge in [-0.05, 0) is 18.1 Å². The Balaban J connectivity index is 2.50. The molecule has 0 spiro atoms. The summed E-state index contributed by atoms with van der Waals surface area (Å²) in [5.74, 6) is 0.738. The number of rotatable bonds is 1. The van der Waals surface area contributed by atoms with Crippen LogP contribution in [-0.4, -0.2) is 12.9 Å². The second kappa shape index (κ2) is 3.44. The van der Waals surface area contributed by atoms with Crippen molar-refractivity contribution < 1.29 is 9.53 Å². The Bertz CT molecular complexity index is 353. The summed E-state index contributed by atoms with van der Waals surface area (Å²) in [4.78, 5) is 10.7. The molecule has 0 saturated carbocycles. The molecule has 1 aromatic carbocycles. The fourth-order valence-corrected chi connectivity index (χ4v) is 1.44. The van der Waals surface area contributed by atoms with Gasteiger partial charge in [-0.25, -0.2) is 0 Å². The summed E-state index contributed by atoms with van der Waals surface area (Å²) in [6.07, 6.45) is 5.70. The Morgan fingerprint density at radius 2 is 2.23 bits per heavy atom. The van der Waals surface area contributed by atoms with Gasteiger partial charge in [-0.15, -0.1) is 0 Å². The maximum atomic E-state index is 10.7. The predicted molar refractivity (Wildman–Crippen MR) is 50.2 cm³/mol. The van der Waals surface area contributed by atoms with Crippen LogP contribution in [0.4, 0.5) is 0 Å². The summed E-state index contributed by atoms with van der Waals surface area (Å²) >= 11 is 0. The SMILES string of the molecule is O=Cc1cccc2c1OCC=CC2. The van der Waals surface area contributed by atoms with Gasteiger partial charge in [0.15, 0.2) is 6.29 Å². The molecule has 66 valence electrons. The van der Waals surface area contributed by atoms with Crippen LogP contribution in [0, 0.1) is 0 Å². The maximum Gasteiger partial charge on any atom is 0.153 e. The predicted octanol–water partition coefficient (Wildman–Crippen LogP) is 1.99. The van der Waals surface area contributed by atoms with Crippen LogP contribution in [0.2, 0.25) is 0 Å². The quantitative estimate of drug-likeness (QED) is 0.480. The zero-order chi connectivity index (χ0) is 9.10. The van der Waals surface area contributed by atoms with E-state index in [1.165, 1.54) is 0 Å². The molecule has 0 N–H and O–H groups in total. The van der Waals surface area contributed by atoms with Crippen molar-refractivity contribution in [2.45, 2.75) is 6.42 Å². The van der Waals surface area contributed by atoms with Crippen LogP contribution in [0.3, 0.4) is 0 Å². The van der Waals surface area contributed by atoms with Gasteiger partial charge >= 0.3 is 0 Å². The highest BCUT2D eigenvalue weighted by molar-refractivity contribution is 5.80. The van der Waals surface area contributed by atoms with Gasteiger partial charge in [0.25, 0.3) is 0 Å². The van der Waals surface area contributed by atoms with Crippen molar-refractivity contribution in [3.8, 4) is 5.75 Å². The second-order valence-electron chi connectivity index (χ2n) is 2.94. The first kappa shape index (κ1) is 8.05. The van der Waals surface area contributed by atoms with E-state index in [1.54, 1.807) is 6.07 Å². The van der Waals surface area contributed by atoms with E-state index in [0.717, 1.165) is 24.0 Å². The Labute approximate surface area is 76.8 Å². The van der Waals surface area contributed by atoms with E-state index in [-0.39, 0.29) is 0 Å². The van der Waals surface area contributed by atoms with Crippen LogP contribution in [-0.2, 0) is 6.42 Å². The van der Waals surface area contributed by atoms with Gasteiger partial charge in [-0.3, -0.25) is 4.79 Å². The fourth-order valence-electron chi connectivity index (χ4n) is 1.44. The number of carbonyl (C=O) groups excluding carboxylic acids is 1. The average molecular weight is 174 g/mol. The van der Waals surface area contributed by atoms with Crippen molar-refractivity contribution in [1.82, 2.24) is 0 Å². The topological polar surface area (TPSA) is 26.3 Å². The van der Waals surface area contributed by atoms with E-state index in [9.17, 15) is 4.79 Å². The number of benzene rings is 1. The number of allylic oxidation sites excluding steroid dienone is 1. The normalized spacial score (nSPS) is 14.2. The van der Waals surface area contributed by atoms with Crippen LogP contribution in [0.1, 0.15) is 15.9 Å². The monoisotopic (exact) mass is 174 g/mol. The van der Waals surface area contributed by atoms with E-state index < -0.39 is 0 Å². The Morgan fingerprint density at radius 3 is 3.08 bits per heavy atom. The van der Waals surface area contributed by atoms with Crippen LogP contribution in [0.5, 0.6) is 5.75 Å². The fraction of sp³-hybridized carbons (Fsp3) is 0.182. The lowest BCUT2D eigenvalue weighted by Crippen LogP contribution is -1.98. The number of para-hydroxylation sites is 1. The standard InChI is InChI=1S/C11H10O2/c12-8-10-6-3-5-9-4-1-2-7-13-11(9)10/h1-3,5-6,8H,4,7H2. The molecule has 0 bridgehead atoms. The molecule has 0 amide bonds. The minimum atomic E-state index is 0.553. The lowest BCUT2D eigenvalue weighted by atomic mass is 10.1. The molecular weight excluding hydrogens is 164 g/mol. The molecule has 0 aliphatic carbocycles. The van der Waals surface area contributed by atoms with Crippen molar-refractivity contribution >= 4 is 6.29 Å². The molecule has 2 nitrogen and oxygen atoms in total. The largest absolute Gasteiger partial charge is 0.488 e. The summed E-state index contributed by atoms with van der Waals surface area (Å²) in [7, 11) is 0. The smallest absolute Gasteiger partial charge is 0.153 e. The van der Waals surface area contributed by atoms with Gasteiger partial charge in [0.05, 0.1) is 5.56 Å². The van der Waals surface area contributed by atoms with Crippen LogP contribution < -0.4 is 4.74 Å². The van der Waals surface area contributed by atoms with Crippen molar-refractivity contribution in [1.29, 1.82) is 0 Å². The number of ether oxygens (including phenoxy) is 1. The number of carbonyl (C=O) groups is 1. The van der Waals surface area contributed by atoms with E-state index in [2.05, 4.69) is 6.08 Å². The summed E-state index contributed by atoms with van der Waals surface area (Å²) in [6.45, 7) is 0.553. The van der Waals surface area contributed by atoms with E-state index in [0.29, 0.717) is 12.2 Å². The first-order chi connectivity index (χ1) is 6.42. The summed E-state index contributed by atoms with van der Waals surface area (Å²) in [5.41, 5.74) is 1.72. The zero-order valence-corrected chi connectivity index (χ0v) is 7.19. The first-order valence-electron chi connectivity index (χ1n) is 4.26. The van der Waals surface area contributed by atoms with Crippen LogP contribution in [0.25, 0.3) is 0 Å². The lowest BCUT2D eigenvalue weighted by molar-refractivity contribution is 0.112. The third-order valence-electron chi connectivity index (χ3n) is 2.08. The third kappa shape index (κ3) is 1.47. The maximum absolute atomic E-state index is 10.7. The number of fused-ring (bicyclic) bond motifs is 1. The van der Waals surface area contributed by atoms with Gasteiger partial charge in [-0.2, -0.15) is 0 Å². The van der Waals surface area contributed by atoms with E-state index in [1.807, 2.05) is 18.2 Å². The van der Waals surface area contributed by atoms with Crippen LogP contribution in [0.15, 0.2) is 30.4 Å². The number of aldehydes is 1. The van der Waals surface area contributed by atoms with Crippen LogP contribution >= 0.6 is 0 Å². The molecule has 0 atom stereocenters. The van der Waals surface area contributed by atoms with Crippen molar-refractivity contribution in [2.24, 2.45) is 0 Å². The lowest BCUT2D eigenvalue weighted by Gasteiger charge is -2.08. The highest BCUT2D eigenvalue weighted by Crippen LogP contribution is 2.25.